The first-order valence-electron chi connectivity index (χ1n) is 8.66. The molecule has 0 spiro atoms. The van der Waals surface area contributed by atoms with Gasteiger partial charge in [0.05, 0.1) is 0 Å². The molecule has 0 aliphatic rings. The molecule has 0 atom stereocenters. The maximum Gasteiger partial charge on any atom is -0.0538 e. The van der Waals surface area contributed by atoms with Gasteiger partial charge < -0.3 is 0 Å². The van der Waals surface area contributed by atoms with Gasteiger partial charge in [0.1, 0.15) is 0 Å². The normalized spacial score (nSPS) is 7.00. The van der Waals surface area contributed by atoms with E-state index >= 15 is 0 Å². The minimum atomic E-state index is 1.25. The Bertz CT molecular complexity index is 38.0. The number of hydrogen-bond acceptors (Lipinski definition) is 0. The van der Waals surface area contributed by atoms with E-state index in [-0.39, 0.29) is 0 Å². The lowest BCUT2D eigenvalue weighted by Crippen LogP contribution is -1.59. The van der Waals surface area contributed by atoms with Crippen LogP contribution >= 0.6 is 0 Å². The molecule has 118 valence electrons. The van der Waals surface area contributed by atoms with Crippen molar-refractivity contribution >= 4 is 0 Å². The fourth-order valence-corrected chi connectivity index (χ4v) is 0.354. The summed E-state index contributed by atoms with van der Waals surface area (Å²) in [5, 5.41) is 0. The Morgan fingerprint density at radius 2 is 0.556 bits per heavy atom. The third-order valence-electron chi connectivity index (χ3n) is 1.71. The van der Waals surface area contributed by atoms with E-state index in [2.05, 4.69) is 55.4 Å². The Morgan fingerprint density at radius 3 is 0.556 bits per heavy atom. The fourth-order valence-electron chi connectivity index (χ4n) is 0.354. The van der Waals surface area contributed by atoms with E-state index in [9.17, 15) is 0 Å². The second-order valence-electron chi connectivity index (χ2n) is 4.06. The predicted molar refractivity (Wildman–Crippen MR) is 93.7 cm³/mol. The molecular formula is C18H46. The van der Waals surface area contributed by atoms with E-state index in [4.69, 9.17) is 0 Å². The third kappa shape index (κ3) is 225. The highest BCUT2D eigenvalue weighted by Gasteiger charge is 1.68. The van der Waals surface area contributed by atoms with Gasteiger partial charge in [-0.05, 0) is 0 Å². The first kappa shape index (κ1) is 30.8. The quantitative estimate of drug-likeness (QED) is 0.478. The lowest BCUT2D eigenvalue weighted by Gasteiger charge is -1.79. The van der Waals surface area contributed by atoms with Crippen LogP contribution in [0.1, 0.15) is 121 Å². The second-order valence-corrected chi connectivity index (χ2v) is 4.06. The summed E-state index contributed by atoms with van der Waals surface area (Å²) in [5.41, 5.74) is 0. The number of rotatable bonds is 4. The molecule has 0 saturated heterocycles. The zero-order valence-corrected chi connectivity index (χ0v) is 15.7. The Morgan fingerprint density at radius 1 is 0.389 bits per heavy atom. The Hall–Kier alpha value is 0. The molecule has 0 bridgehead atoms. The average molecular weight is 263 g/mol. The van der Waals surface area contributed by atoms with Gasteiger partial charge in [-0.1, -0.05) is 121 Å². The summed E-state index contributed by atoms with van der Waals surface area (Å²) in [7, 11) is 0. The highest BCUT2D eigenvalue weighted by atomic mass is 13.7. The third-order valence-corrected chi connectivity index (χ3v) is 1.71. The molecule has 0 fully saturated rings. The molecule has 0 saturated carbocycles. The standard InChI is InChI=1S/C5H12.2C4H10.C3H8.C2H6/c1-3-5-4-2;2*1-3-4-2;1-3-2;1-2/h3-5H2,1-2H3;2*3-4H2,1-2H3;3H2,1-2H3;1-2H3. The van der Waals surface area contributed by atoms with Gasteiger partial charge in [0.15, 0.2) is 0 Å². The van der Waals surface area contributed by atoms with E-state index in [0.29, 0.717) is 0 Å². The van der Waals surface area contributed by atoms with Gasteiger partial charge >= 0.3 is 0 Å². The van der Waals surface area contributed by atoms with Crippen LogP contribution in [0.2, 0.25) is 0 Å². The first-order chi connectivity index (χ1) is 8.66. The van der Waals surface area contributed by atoms with Gasteiger partial charge in [-0.25, -0.2) is 0 Å². The van der Waals surface area contributed by atoms with Crippen LogP contribution in [0.3, 0.4) is 0 Å². The Labute approximate surface area is 121 Å². The van der Waals surface area contributed by atoms with Gasteiger partial charge in [-0.3, -0.25) is 0 Å². The van der Waals surface area contributed by atoms with Gasteiger partial charge in [0, 0.05) is 0 Å². The minimum Gasteiger partial charge on any atom is -0.0683 e. The highest BCUT2D eigenvalue weighted by Crippen LogP contribution is 1.88. The van der Waals surface area contributed by atoms with Gasteiger partial charge in [0.2, 0.25) is 0 Å². The van der Waals surface area contributed by atoms with E-state index in [1.807, 2.05) is 13.8 Å². The van der Waals surface area contributed by atoms with Crippen LogP contribution in [0.25, 0.3) is 0 Å². The van der Waals surface area contributed by atoms with Crippen LogP contribution in [0.5, 0.6) is 0 Å². The summed E-state index contributed by atoms with van der Waals surface area (Å²) in [6.45, 7) is 21.4. The number of unbranched alkanes of at least 4 members (excludes halogenated alkanes) is 4. The molecule has 0 aromatic heterocycles. The molecule has 0 heterocycles. The SMILES string of the molecule is CC.CCC.CCCC.CCCC.CCCCC. The molecule has 0 nitrogen and oxygen atoms in total. The van der Waals surface area contributed by atoms with Crippen molar-refractivity contribution < 1.29 is 0 Å². The van der Waals surface area contributed by atoms with E-state index in [1.165, 1.54) is 51.4 Å². The van der Waals surface area contributed by atoms with Crippen LogP contribution in [-0.4, -0.2) is 0 Å². The van der Waals surface area contributed by atoms with Crippen molar-refractivity contribution in [1.82, 2.24) is 0 Å². The van der Waals surface area contributed by atoms with Crippen LogP contribution in [0.15, 0.2) is 0 Å². The summed E-state index contributed by atoms with van der Waals surface area (Å²) in [6, 6.07) is 0. The van der Waals surface area contributed by atoms with Crippen molar-refractivity contribution in [2.24, 2.45) is 0 Å². The monoisotopic (exact) mass is 262 g/mol. The Kier molecular flexibility index (Phi) is 116. The fraction of sp³-hybridized carbons (Fsp3) is 1.00. The van der Waals surface area contributed by atoms with Crippen molar-refractivity contribution in [3.05, 3.63) is 0 Å². The maximum atomic E-state index is 2.21. The van der Waals surface area contributed by atoms with Crippen molar-refractivity contribution in [1.29, 1.82) is 0 Å². The summed E-state index contributed by atoms with van der Waals surface area (Å²) < 4.78 is 0. The van der Waals surface area contributed by atoms with E-state index in [0.717, 1.165) is 0 Å². The molecule has 0 aromatic carbocycles. The molecule has 18 heavy (non-hydrogen) atoms. The van der Waals surface area contributed by atoms with Crippen LogP contribution in [0.4, 0.5) is 0 Å². The molecule has 0 radical (unpaired) electrons. The van der Waals surface area contributed by atoms with Crippen molar-refractivity contribution in [3.63, 3.8) is 0 Å². The summed E-state index contributed by atoms with van der Waals surface area (Å²) >= 11 is 0. The van der Waals surface area contributed by atoms with E-state index in [1.54, 1.807) is 0 Å². The molecule has 0 amide bonds. The minimum absolute atomic E-state index is 1.25. The summed E-state index contributed by atoms with van der Waals surface area (Å²) in [5.74, 6) is 0. The smallest absolute Gasteiger partial charge is 0.0538 e. The van der Waals surface area contributed by atoms with Crippen molar-refractivity contribution in [2.45, 2.75) is 121 Å². The largest absolute Gasteiger partial charge is 0.0683 e. The molecule has 0 heteroatoms. The first-order valence-corrected chi connectivity index (χ1v) is 8.66. The highest BCUT2D eigenvalue weighted by molar-refractivity contribution is 4.24. The molecule has 0 rings (SSSR count). The molecule has 0 aliphatic carbocycles. The Balaban J connectivity index is -0.0000000404. The average Bonchev–Trinajstić information content (AvgIpc) is 2.43. The van der Waals surface area contributed by atoms with Gasteiger partial charge in [0.25, 0.3) is 0 Å². The van der Waals surface area contributed by atoms with Crippen LogP contribution in [0, 0.1) is 0 Å². The lowest BCUT2D eigenvalue weighted by molar-refractivity contribution is 0.772. The van der Waals surface area contributed by atoms with Crippen LogP contribution in [-0.2, 0) is 0 Å². The zero-order chi connectivity index (χ0) is 15.7. The predicted octanol–water partition coefficient (Wildman–Crippen LogP) is 8.25. The lowest BCUT2D eigenvalue weighted by atomic mass is 10.3. The van der Waals surface area contributed by atoms with Crippen molar-refractivity contribution in [2.75, 3.05) is 0 Å². The molecular weight excluding hydrogens is 216 g/mol. The molecule has 0 aromatic rings. The number of hydrogen-bond donors (Lipinski definition) is 0. The molecule has 0 unspecified atom stereocenters. The van der Waals surface area contributed by atoms with Gasteiger partial charge in [-0.2, -0.15) is 0 Å². The summed E-state index contributed by atoms with van der Waals surface area (Å²) in [6.07, 6.45) is 10.6. The summed E-state index contributed by atoms with van der Waals surface area (Å²) in [4.78, 5) is 0. The van der Waals surface area contributed by atoms with E-state index < -0.39 is 0 Å². The van der Waals surface area contributed by atoms with Gasteiger partial charge in [-0.15, -0.1) is 0 Å². The zero-order valence-electron chi connectivity index (χ0n) is 15.7. The maximum absolute atomic E-state index is 2.21. The van der Waals surface area contributed by atoms with Crippen molar-refractivity contribution in [3.8, 4) is 0 Å². The molecule has 0 aliphatic heterocycles. The van der Waals surface area contributed by atoms with Crippen LogP contribution < -0.4 is 0 Å². The second kappa shape index (κ2) is 68.0. The molecule has 0 N–H and O–H groups in total. The topological polar surface area (TPSA) is 0 Å².